The third-order valence-corrected chi connectivity index (χ3v) is 8.35. The summed E-state index contributed by atoms with van der Waals surface area (Å²) < 4.78 is 21.7. The van der Waals surface area contributed by atoms with Gasteiger partial charge < -0.3 is 30.1 Å². The Morgan fingerprint density at radius 3 is 2.69 bits per heavy atom. The molecule has 2 atom stereocenters. The number of nitrogens with zero attached hydrogens (tertiary/aromatic N) is 5. The lowest BCUT2D eigenvalue weighted by Crippen LogP contribution is -2.42. The molecule has 5 heterocycles. The van der Waals surface area contributed by atoms with E-state index in [4.69, 9.17) is 4.74 Å². The zero-order valence-electron chi connectivity index (χ0n) is 22.3. The Balaban J connectivity index is 1.29. The molecule has 0 radical (unpaired) electrons. The first kappa shape index (κ1) is 26.0. The second-order valence-electron chi connectivity index (χ2n) is 11.5. The molecule has 0 aliphatic carbocycles. The number of ether oxygens (including phenoxy) is 1. The van der Waals surface area contributed by atoms with Crippen molar-refractivity contribution in [2.45, 2.75) is 51.2 Å². The van der Waals surface area contributed by atoms with E-state index in [1.165, 1.54) is 18.7 Å². The van der Waals surface area contributed by atoms with Gasteiger partial charge in [0.1, 0.15) is 6.17 Å². The first-order chi connectivity index (χ1) is 18.7. The normalized spacial score (nSPS) is 20.3. The molecule has 6 rings (SSSR count). The number of amides is 1. The predicted molar refractivity (Wildman–Crippen MR) is 143 cm³/mol. The van der Waals surface area contributed by atoms with E-state index in [-0.39, 0.29) is 19.0 Å². The average molecular weight is 539 g/mol. The van der Waals surface area contributed by atoms with Crippen LogP contribution in [0.5, 0.6) is 0 Å². The van der Waals surface area contributed by atoms with E-state index in [0.29, 0.717) is 34.3 Å². The number of aliphatic hydroxyl groups is 2. The van der Waals surface area contributed by atoms with Crippen LogP contribution in [0.2, 0.25) is 0 Å². The van der Waals surface area contributed by atoms with Gasteiger partial charge in [0, 0.05) is 43.5 Å². The number of carbonyl (C=O) groups excluding carboxylic acids is 1. The molecular weight excluding hydrogens is 503 g/mol. The molecule has 2 fully saturated rings. The maximum absolute atomic E-state index is 14.7. The summed E-state index contributed by atoms with van der Waals surface area (Å²) in [6.45, 7) is 6.17. The lowest BCUT2D eigenvalue weighted by molar-refractivity contribution is -0.0650. The molecule has 1 amide bonds. The van der Waals surface area contributed by atoms with Crippen molar-refractivity contribution in [2.75, 3.05) is 43.1 Å². The Morgan fingerprint density at radius 1 is 1.23 bits per heavy atom. The van der Waals surface area contributed by atoms with Crippen LogP contribution >= 0.6 is 0 Å². The number of anilines is 2. The van der Waals surface area contributed by atoms with Gasteiger partial charge in [0.05, 0.1) is 48.5 Å². The molecule has 0 bridgehead atoms. The van der Waals surface area contributed by atoms with Crippen molar-refractivity contribution >= 4 is 22.9 Å². The standard InChI is InChI=1S/C28H35FN6O4/c1-28(2,38)24(29)14-34-13-18-10-22(32-26(36)21-12-31-35-7-3-6-30-25(21)35)23(11-20(18)27(34)37)33-8-4-17(5-9-33)19-15-39-16-19/h3,6-7,10-12,17,19,24,26,32,36,38H,4-5,8-9,13-16H2,1-2H3/t24-,26?/m1/s1. The summed E-state index contributed by atoms with van der Waals surface area (Å²) in [4.78, 5) is 21.4. The van der Waals surface area contributed by atoms with Gasteiger partial charge in [-0.2, -0.15) is 5.10 Å². The van der Waals surface area contributed by atoms with Crippen LogP contribution in [-0.4, -0.2) is 80.2 Å². The minimum Gasteiger partial charge on any atom is -0.387 e. The number of aliphatic hydroxyl groups excluding tert-OH is 1. The van der Waals surface area contributed by atoms with Crippen molar-refractivity contribution in [3.63, 3.8) is 0 Å². The summed E-state index contributed by atoms with van der Waals surface area (Å²) in [5.41, 5.74) is 2.33. The molecule has 3 aromatic rings. The molecule has 0 saturated carbocycles. The van der Waals surface area contributed by atoms with Crippen LogP contribution in [0.15, 0.2) is 36.8 Å². The van der Waals surface area contributed by atoms with Crippen LogP contribution in [0.1, 0.15) is 54.4 Å². The number of benzene rings is 1. The Kier molecular flexibility index (Phi) is 6.68. The number of hydrogen-bond donors (Lipinski definition) is 3. The SMILES string of the molecule is CC(C)(O)[C@H](F)CN1Cc2cc(NC(O)c3cnn4cccnc34)c(N3CCC(C4COC4)CC3)cc2C1=O. The number of alkyl halides is 1. The minimum atomic E-state index is -1.58. The van der Waals surface area contributed by atoms with Gasteiger partial charge >= 0.3 is 0 Å². The van der Waals surface area contributed by atoms with Gasteiger partial charge in [-0.05, 0) is 56.4 Å². The second kappa shape index (κ2) is 10.0. The summed E-state index contributed by atoms with van der Waals surface area (Å²) in [5.74, 6) is 0.990. The lowest BCUT2D eigenvalue weighted by atomic mass is 9.83. The monoisotopic (exact) mass is 538 g/mol. The third kappa shape index (κ3) is 4.94. The van der Waals surface area contributed by atoms with Crippen LogP contribution < -0.4 is 10.2 Å². The van der Waals surface area contributed by atoms with E-state index < -0.39 is 18.0 Å². The number of aromatic nitrogens is 3. The first-order valence-electron chi connectivity index (χ1n) is 13.6. The highest BCUT2D eigenvalue weighted by atomic mass is 19.1. The summed E-state index contributed by atoms with van der Waals surface area (Å²) in [6.07, 6.45) is 4.40. The van der Waals surface area contributed by atoms with Gasteiger partial charge in [0.25, 0.3) is 5.91 Å². The fraction of sp³-hybridized carbons (Fsp3) is 0.536. The molecule has 0 spiro atoms. The number of halogens is 1. The van der Waals surface area contributed by atoms with E-state index in [0.717, 1.165) is 50.4 Å². The Morgan fingerprint density at radius 2 is 2.00 bits per heavy atom. The zero-order chi connectivity index (χ0) is 27.3. The largest absolute Gasteiger partial charge is 0.387 e. The molecule has 3 aliphatic heterocycles. The van der Waals surface area contributed by atoms with E-state index in [2.05, 4.69) is 20.3 Å². The summed E-state index contributed by atoms with van der Waals surface area (Å²) >= 11 is 0. The minimum absolute atomic E-state index is 0.194. The van der Waals surface area contributed by atoms with Crippen molar-refractivity contribution in [3.05, 3.63) is 53.5 Å². The third-order valence-electron chi connectivity index (χ3n) is 8.35. The van der Waals surface area contributed by atoms with Crippen LogP contribution in [0.25, 0.3) is 5.65 Å². The molecule has 1 aromatic carbocycles. The van der Waals surface area contributed by atoms with E-state index in [1.54, 1.807) is 29.2 Å². The van der Waals surface area contributed by atoms with E-state index in [1.807, 2.05) is 12.1 Å². The van der Waals surface area contributed by atoms with Crippen LogP contribution in [-0.2, 0) is 11.3 Å². The van der Waals surface area contributed by atoms with Crippen molar-refractivity contribution in [2.24, 2.45) is 11.8 Å². The zero-order valence-corrected chi connectivity index (χ0v) is 22.3. The quantitative estimate of drug-likeness (QED) is 0.375. The summed E-state index contributed by atoms with van der Waals surface area (Å²) in [5, 5.41) is 28.8. The maximum atomic E-state index is 14.7. The van der Waals surface area contributed by atoms with Gasteiger partial charge in [-0.1, -0.05) is 0 Å². The number of fused-ring (bicyclic) bond motifs is 2. The first-order valence-corrected chi connectivity index (χ1v) is 13.6. The molecule has 2 saturated heterocycles. The van der Waals surface area contributed by atoms with Crippen molar-refractivity contribution in [1.29, 1.82) is 0 Å². The number of hydrogen-bond acceptors (Lipinski definition) is 8. The van der Waals surface area contributed by atoms with Crippen molar-refractivity contribution < 1.29 is 24.1 Å². The number of piperidine rings is 1. The molecule has 39 heavy (non-hydrogen) atoms. The maximum Gasteiger partial charge on any atom is 0.254 e. The fourth-order valence-electron chi connectivity index (χ4n) is 5.75. The highest BCUT2D eigenvalue weighted by molar-refractivity contribution is 6.00. The van der Waals surface area contributed by atoms with Gasteiger partial charge in [-0.25, -0.2) is 13.9 Å². The molecule has 10 nitrogen and oxygen atoms in total. The van der Waals surface area contributed by atoms with Gasteiger partial charge in [0.15, 0.2) is 11.9 Å². The number of rotatable bonds is 8. The smallest absolute Gasteiger partial charge is 0.254 e. The summed E-state index contributed by atoms with van der Waals surface area (Å²) in [6, 6.07) is 5.52. The lowest BCUT2D eigenvalue weighted by Gasteiger charge is -2.41. The van der Waals surface area contributed by atoms with Crippen molar-refractivity contribution in [1.82, 2.24) is 19.5 Å². The number of nitrogens with one attached hydrogen (secondary N) is 1. The predicted octanol–water partition coefficient (Wildman–Crippen LogP) is 2.76. The van der Waals surface area contributed by atoms with Crippen LogP contribution in [0, 0.1) is 11.8 Å². The highest BCUT2D eigenvalue weighted by Crippen LogP contribution is 2.39. The second-order valence-corrected chi connectivity index (χ2v) is 11.5. The van der Waals surface area contributed by atoms with Gasteiger partial charge in [-0.3, -0.25) is 4.79 Å². The molecule has 3 aliphatic rings. The molecule has 2 aromatic heterocycles. The molecule has 1 unspecified atom stereocenters. The Bertz CT molecular complexity index is 1360. The Labute approximate surface area is 226 Å². The fourth-order valence-corrected chi connectivity index (χ4v) is 5.75. The van der Waals surface area contributed by atoms with Gasteiger partial charge in [-0.15, -0.1) is 0 Å². The van der Waals surface area contributed by atoms with Crippen LogP contribution in [0.4, 0.5) is 15.8 Å². The molecule has 3 N–H and O–H groups in total. The number of carbonyl (C=O) groups is 1. The van der Waals surface area contributed by atoms with Crippen LogP contribution in [0.3, 0.4) is 0 Å². The molecule has 11 heteroatoms. The highest BCUT2D eigenvalue weighted by Gasteiger charge is 2.37. The van der Waals surface area contributed by atoms with E-state index >= 15 is 0 Å². The van der Waals surface area contributed by atoms with Gasteiger partial charge in [0.2, 0.25) is 0 Å². The topological polar surface area (TPSA) is 115 Å². The molecule has 208 valence electrons. The van der Waals surface area contributed by atoms with Crippen molar-refractivity contribution in [3.8, 4) is 0 Å². The molecular formula is C28H35FN6O4. The van der Waals surface area contributed by atoms with E-state index in [9.17, 15) is 19.4 Å². The average Bonchev–Trinajstić information content (AvgIpc) is 3.43. The summed E-state index contributed by atoms with van der Waals surface area (Å²) in [7, 11) is 0. The Hall–Kier alpha value is -3.28.